The summed E-state index contributed by atoms with van der Waals surface area (Å²) in [6.45, 7) is 24.6. The van der Waals surface area contributed by atoms with E-state index in [1.165, 1.54) is 64.2 Å². The number of allylic oxidation sites excluding steroid dienone is 3. The topological polar surface area (TPSA) is 9.23 Å². The molecule has 1 nitrogen and oxygen atoms in total. The highest BCUT2D eigenvalue weighted by atomic mass is 28.4. The quantitative estimate of drug-likeness (QED) is 0.317. The van der Waals surface area contributed by atoms with Crippen LogP contribution in [-0.4, -0.2) is 14.4 Å². The molecule has 3 fully saturated rings. The van der Waals surface area contributed by atoms with Crippen molar-refractivity contribution in [2.75, 3.05) is 0 Å². The Morgan fingerprint density at radius 3 is 2.31 bits per heavy atom. The Labute approximate surface area is 220 Å². The van der Waals surface area contributed by atoms with E-state index in [9.17, 15) is 0 Å². The lowest BCUT2D eigenvalue weighted by Gasteiger charge is -2.56. The van der Waals surface area contributed by atoms with Gasteiger partial charge in [0.15, 0.2) is 8.32 Å². The molecule has 7 atom stereocenters. The van der Waals surface area contributed by atoms with Crippen LogP contribution in [0, 0.1) is 40.4 Å². The first-order valence-corrected chi connectivity index (χ1v) is 18.2. The van der Waals surface area contributed by atoms with Gasteiger partial charge in [0.1, 0.15) is 0 Å². The summed E-state index contributed by atoms with van der Waals surface area (Å²) >= 11 is 0. The second kappa shape index (κ2) is 9.76. The van der Waals surface area contributed by atoms with Gasteiger partial charge in [0.05, 0.1) is 0 Å². The van der Waals surface area contributed by atoms with E-state index < -0.39 is 8.32 Å². The third-order valence-corrected chi connectivity index (χ3v) is 16.5. The van der Waals surface area contributed by atoms with Crippen LogP contribution in [0.1, 0.15) is 120 Å². The smallest absolute Gasteiger partial charge is 0.192 e. The molecule has 200 valence electrons. The van der Waals surface area contributed by atoms with Crippen LogP contribution in [0.3, 0.4) is 0 Å². The molecule has 0 aromatic rings. The summed E-state index contributed by atoms with van der Waals surface area (Å²) in [5.74, 6) is 4.27. The van der Waals surface area contributed by atoms with Crippen LogP contribution in [-0.2, 0) is 4.43 Å². The predicted octanol–water partition coefficient (Wildman–Crippen LogP) is 10.3. The van der Waals surface area contributed by atoms with Crippen molar-refractivity contribution < 1.29 is 4.43 Å². The monoisotopic (exact) mass is 498 g/mol. The van der Waals surface area contributed by atoms with E-state index in [2.05, 4.69) is 80.6 Å². The van der Waals surface area contributed by atoms with Crippen LogP contribution in [0.4, 0.5) is 0 Å². The van der Waals surface area contributed by atoms with Crippen molar-refractivity contribution >= 4 is 8.32 Å². The lowest BCUT2D eigenvalue weighted by Crippen LogP contribution is -2.49. The highest BCUT2D eigenvalue weighted by molar-refractivity contribution is 6.74. The molecule has 3 saturated carbocycles. The zero-order chi connectivity index (χ0) is 25.8. The van der Waals surface area contributed by atoms with Gasteiger partial charge >= 0.3 is 0 Å². The number of fused-ring (bicyclic) bond motifs is 5. The zero-order valence-corrected chi connectivity index (χ0v) is 26.1. The Morgan fingerprint density at radius 1 is 0.943 bits per heavy atom. The first-order valence-electron chi connectivity index (χ1n) is 15.3. The number of hydrogen-bond donors (Lipinski definition) is 0. The van der Waals surface area contributed by atoms with E-state index in [1.54, 1.807) is 5.57 Å². The Bertz CT molecular complexity index is 829. The average molecular weight is 499 g/mol. The Morgan fingerprint density at radius 2 is 1.66 bits per heavy atom. The van der Waals surface area contributed by atoms with Crippen molar-refractivity contribution in [1.82, 2.24) is 0 Å². The third kappa shape index (κ3) is 5.06. The molecule has 0 bridgehead atoms. The fourth-order valence-corrected chi connectivity index (χ4v) is 10.1. The first kappa shape index (κ1) is 27.7. The van der Waals surface area contributed by atoms with Gasteiger partial charge < -0.3 is 4.43 Å². The highest BCUT2D eigenvalue weighted by Gasteiger charge is 2.57. The van der Waals surface area contributed by atoms with E-state index in [0.717, 1.165) is 29.6 Å². The number of hydrogen-bond acceptors (Lipinski definition) is 1. The van der Waals surface area contributed by atoms with Crippen molar-refractivity contribution in [3.8, 4) is 0 Å². The van der Waals surface area contributed by atoms with Gasteiger partial charge in [-0.2, -0.15) is 0 Å². The number of rotatable bonds is 7. The van der Waals surface area contributed by atoms with E-state index in [0.29, 0.717) is 22.0 Å². The van der Waals surface area contributed by atoms with Gasteiger partial charge in [-0.25, -0.2) is 0 Å². The summed E-state index contributed by atoms with van der Waals surface area (Å²) in [4.78, 5) is 0. The van der Waals surface area contributed by atoms with E-state index >= 15 is 0 Å². The van der Waals surface area contributed by atoms with Crippen molar-refractivity contribution in [2.45, 2.75) is 144 Å². The van der Waals surface area contributed by atoms with Crippen molar-refractivity contribution in [3.05, 3.63) is 23.3 Å². The maximum Gasteiger partial charge on any atom is 0.192 e. The van der Waals surface area contributed by atoms with Gasteiger partial charge in [-0.1, -0.05) is 98.0 Å². The third-order valence-electron chi connectivity index (χ3n) is 12.0. The molecule has 35 heavy (non-hydrogen) atoms. The summed E-state index contributed by atoms with van der Waals surface area (Å²) in [5, 5.41) is 0.292. The second-order valence-electron chi connectivity index (χ2n) is 15.7. The van der Waals surface area contributed by atoms with Crippen LogP contribution in [0.2, 0.25) is 18.1 Å². The van der Waals surface area contributed by atoms with E-state index in [-0.39, 0.29) is 0 Å². The lowest BCUT2D eigenvalue weighted by molar-refractivity contribution is 0.0342. The van der Waals surface area contributed by atoms with Gasteiger partial charge in [0.25, 0.3) is 0 Å². The summed E-state index contributed by atoms with van der Waals surface area (Å²) < 4.78 is 6.92. The molecular formula is C33H58OSi. The molecule has 4 rings (SSSR count). The molecule has 0 N–H and O–H groups in total. The molecule has 0 heterocycles. The molecule has 4 aliphatic carbocycles. The molecule has 4 aliphatic rings. The zero-order valence-electron chi connectivity index (χ0n) is 25.1. The first-order chi connectivity index (χ1) is 16.2. The van der Waals surface area contributed by atoms with Gasteiger partial charge in [0, 0.05) is 6.10 Å². The van der Waals surface area contributed by atoms with Crippen molar-refractivity contribution in [1.29, 1.82) is 0 Å². The van der Waals surface area contributed by atoms with E-state index in [4.69, 9.17) is 4.43 Å². The van der Waals surface area contributed by atoms with Crippen molar-refractivity contribution in [3.63, 3.8) is 0 Å². The molecule has 1 unspecified atom stereocenters. The molecule has 0 aromatic carbocycles. The normalized spacial score (nSPS) is 38.4. The minimum Gasteiger partial charge on any atom is -0.414 e. The second-order valence-corrected chi connectivity index (χ2v) is 20.4. The van der Waals surface area contributed by atoms with Crippen LogP contribution in [0.15, 0.2) is 23.3 Å². The summed E-state index contributed by atoms with van der Waals surface area (Å²) in [6, 6.07) is 0. The van der Waals surface area contributed by atoms with Crippen LogP contribution in [0.25, 0.3) is 0 Å². The minimum absolute atomic E-state index is 0.292. The summed E-state index contributed by atoms with van der Waals surface area (Å²) in [6.07, 6.45) is 19.4. The Hall–Kier alpha value is -0.343. The summed E-state index contributed by atoms with van der Waals surface area (Å²) in [5.41, 5.74) is 4.47. The van der Waals surface area contributed by atoms with Gasteiger partial charge in [0.2, 0.25) is 0 Å². The molecule has 0 spiro atoms. The summed E-state index contributed by atoms with van der Waals surface area (Å²) in [7, 11) is -1.71. The van der Waals surface area contributed by atoms with Crippen LogP contribution >= 0.6 is 0 Å². The average Bonchev–Trinajstić information content (AvgIpc) is 3.10. The Kier molecular flexibility index (Phi) is 7.72. The minimum atomic E-state index is -1.71. The molecular weight excluding hydrogens is 440 g/mol. The molecule has 2 heteroatoms. The maximum atomic E-state index is 6.92. The predicted molar refractivity (Wildman–Crippen MR) is 155 cm³/mol. The fourth-order valence-electron chi connectivity index (χ4n) is 8.69. The van der Waals surface area contributed by atoms with Crippen LogP contribution in [0.5, 0.6) is 0 Å². The van der Waals surface area contributed by atoms with Gasteiger partial charge in [-0.3, -0.25) is 0 Å². The highest BCUT2D eigenvalue weighted by Crippen LogP contribution is 2.66. The van der Waals surface area contributed by atoms with E-state index in [1.807, 2.05) is 5.57 Å². The molecule has 0 aliphatic heterocycles. The lowest BCUT2D eigenvalue weighted by atomic mass is 9.50. The molecule has 0 radical (unpaired) electrons. The van der Waals surface area contributed by atoms with Gasteiger partial charge in [-0.15, -0.1) is 0 Å². The van der Waals surface area contributed by atoms with Crippen LogP contribution < -0.4 is 0 Å². The van der Waals surface area contributed by atoms with Gasteiger partial charge in [-0.05, 0) is 103 Å². The Balaban J connectivity index is 1.49. The molecule has 0 amide bonds. The maximum absolute atomic E-state index is 6.92. The fraction of sp³-hybridized carbons (Fsp3) is 0.879. The standard InChI is InChI=1S/C33H58OSi/c1-23(2)12-11-13-24(3)28-16-17-29-27-15-14-25-22-26(34-35(9,10)31(4,5)6)18-20-32(25,7)30(27)19-21-33(28,29)8/h14-15,23-24,26,28-30H,11-13,16-22H2,1-10H3/t24-,26?,28+,29-,30-,32-,33+/m0/s1. The SMILES string of the molecule is CC(C)CCC[C@H](C)[C@H]1CC[C@H]2C3=CC=C4CC(O[Si](C)(C)C(C)(C)C)CC[C@]4(C)[C@H]3CC[C@]12C. The largest absolute Gasteiger partial charge is 0.414 e. The molecule has 0 aromatic heterocycles. The molecule has 0 saturated heterocycles. The van der Waals surface area contributed by atoms with Crippen molar-refractivity contribution in [2.24, 2.45) is 40.4 Å².